The average molecular weight is 279 g/mol. The normalized spacial score (nSPS) is 43.6. The minimum atomic E-state index is 0.722. The third kappa shape index (κ3) is 2.77. The van der Waals surface area contributed by atoms with E-state index in [0.717, 1.165) is 30.1 Å². The van der Waals surface area contributed by atoms with Crippen molar-refractivity contribution in [2.24, 2.45) is 5.92 Å². The second-order valence-electron chi connectivity index (χ2n) is 7.38. The van der Waals surface area contributed by atoms with E-state index in [1.54, 1.807) is 0 Å². The fraction of sp³-hybridized carbons (Fsp3) is 1.00. The summed E-state index contributed by atoms with van der Waals surface area (Å²) in [4.78, 5) is 5.53. The van der Waals surface area contributed by atoms with Gasteiger partial charge in [-0.2, -0.15) is 0 Å². The lowest BCUT2D eigenvalue weighted by Crippen LogP contribution is -2.54. The van der Waals surface area contributed by atoms with E-state index in [0.29, 0.717) is 0 Å². The van der Waals surface area contributed by atoms with Crippen molar-refractivity contribution in [2.75, 3.05) is 27.2 Å². The molecule has 0 radical (unpaired) electrons. The zero-order valence-electron chi connectivity index (χ0n) is 13.6. The topological polar surface area (TPSA) is 18.5 Å². The van der Waals surface area contributed by atoms with Gasteiger partial charge in [-0.15, -0.1) is 0 Å². The Kier molecular flexibility index (Phi) is 4.68. The minimum absolute atomic E-state index is 0.722. The Morgan fingerprint density at radius 3 is 2.60 bits per heavy atom. The van der Waals surface area contributed by atoms with Crippen molar-refractivity contribution < 1.29 is 0 Å². The average Bonchev–Trinajstić information content (AvgIpc) is 2.71. The Hall–Kier alpha value is -0.120. The number of likely N-dealkylation sites (N-methyl/N-ethyl adjacent to an activating group) is 2. The summed E-state index contributed by atoms with van der Waals surface area (Å²) in [7, 11) is 4.52. The summed E-state index contributed by atoms with van der Waals surface area (Å²) in [5.41, 5.74) is 0. The van der Waals surface area contributed by atoms with E-state index in [4.69, 9.17) is 0 Å². The minimum Gasteiger partial charge on any atom is -0.315 e. The maximum Gasteiger partial charge on any atom is 0.0252 e. The van der Waals surface area contributed by atoms with Gasteiger partial charge in [-0.1, -0.05) is 13.3 Å². The molecular formula is C17H33N3. The van der Waals surface area contributed by atoms with Crippen LogP contribution < -0.4 is 5.32 Å². The highest BCUT2D eigenvalue weighted by atomic mass is 15.3. The summed E-state index contributed by atoms with van der Waals surface area (Å²) in [6.45, 7) is 5.01. The van der Waals surface area contributed by atoms with Crippen LogP contribution in [0.1, 0.15) is 51.9 Å². The number of likely N-dealkylation sites (tertiary alicyclic amines) is 1. The van der Waals surface area contributed by atoms with Gasteiger partial charge in [0.2, 0.25) is 0 Å². The maximum atomic E-state index is 3.62. The Morgan fingerprint density at radius 1 is 1.05 bits per heavy atom. The highest BCUT2D eigenvalue weighted by Crippen LogP contribution is 2.34. The molecule has 0 spiro atoms. The lowest BCUT2D eigenvalue weighted by Gasteiger charge is -2.43. The molecule has 2 bridgehead atoms. The largest absolute Gasteiger partial charge is 0.315 e. The highest BCUT2D eigenvalue weighted by molar-refractivity contribution is 4.97. The molecule has 3 heteroatoms. The van der Waals surface area contributed by atoms with Crippen LogP contribution in [0.2, 0.25) is 0 Å². The molecule has 3 nitrogen and oxygen atoms in total. The number of rotatable bonds is 3. The second-order valence-corrected chi connectivity index (χ2v) is 7.38. The van der Waals surface area contributed by atoms with Gasteiger partial charge in [0.25, 0.3) is 0 Å². The molecule has 1 saturated carbocycles. The quantitative estimate of drug-likeness (QED) is 0.855. The van der Waals surface area contributed by atoms with Crippen LogP contribution in [0.25, 0.3) is 0 Å². The Bertz CT molecular complexity index is 319. The summed E-state index contributed by atoms with van der Waals surface area (Å²) in [5, 5.41) is 3.62. The smallest absolute Gasteiger partial charge is 0.0252 e. The van der Waals surface area contributed by atoms with E-state index in [1.165, 1.54) is 58.0 Å². The van der Waals surface area contributed by atoms with Crippen LogP contribution >= 0.6 is 0 Å². The molecule has 5 atom stereocenters. The molecule has 2 aliphatic heterocycles. The molecule has 1 aliphatic carbocycles. The number of hydrogen-bond donors (Lipinski definition) is 1. The first-order valence-electron chi connectivity index (χ1n) is 8.86. The van der Waals surface area contributed by atoms with Crippen molar-refractivity contribution in [3.63, 3.8) is 0 Å². The van der Waals surface area contributed by atoms with Gasteiger partial charge in [-0.05, 0) is 58.5 Å². The Balaban J connectivity index is 1.69. The molecule has 0 aromatic heterocycles. The molecule has 1 N–H and O–H groups in total. The van der Waals surface area contributed by atoms with Crippen molar-refractivity contribution in [2.45, 2.75) is 76.0 Å². The van der Waals surface area contributed by atoms with E-state index < -0.39 is 0 Å². The fourth-order valence-corrected chi connectivity index (χ4v) is 4.98. The van der Waals surface area contributed by atoms with E-state index >= 15 is 0 Å². The fourth-order valence-electron chi connectivity index (χ4n) is 4.98. The van der Waals surface area contributed by atoms with E-state index in [-0.39, 0.29) is 0 Å². The SMILES string of the molecule is CCC1CCC(NC)C(N2CCC3CCC(C2)N3C)C1. The summed E-state index contributed by atoms with van der Waals surface area (Å²) in [6.07, 6.45) is 9.84. The van der Waals surface area contributed by atoms with Gasteiger partial charge in [0, 0.05) is 37.3 Å². The molecule has 116 valence electrons. The zero-order chi connectivity index (χ0) is 14.1. The molecule has 20 heavy (non-hydrogen) atoms. The maximum absolute atomic E-state index is 3.62. The van der Waals surface area contributed by atoms with Gasteiger partial charge in [0.1, 0.15) is 0 Å². The molecule has 3 rings (SSSR count). The summed E-state index contributed by atoms with van der Waals surface area (Å²) in [5.74, 6) is 0.961. The van der Waals surface area contributed by atoms with E-state index in [1.807, 2.05) is 0 Å². The molecule has 5 unspecified atom stereocenters. The second kappa shape index (κ2) is 6.33. The van der Waals surface area contributed by atoms with Crippen LogP contribution in [0.15, 0.2) is 0 Å². The van der Waals surface area contributed by atoms with Crippen LogP contribution in [0, 0.1) is 5.92 Å². The molecule has 0 amide bonds. The predicted octanol–water partition coefficient (Wildman–Crippen LogP) is 2.32. The number of nitrogens with zero attached hydrogens (tertiary/aromatic N) is 2. The van der Waals surface area contributed by atoms with E-state index in [9.17, 15) is 0 Å². The molecule has 2 saturated heterocycles. The monoisotopic (exact) mass is 279 g/mol. The van der Waals surface area contributed by atoms with Crippen LogP contribution in [0.5, 0.6) is 0 Å². The van der Waals surface area contributed by atoms with Crippen molar-refractivity contribution in [1.82, 2.24) is 15.1 Å². The van der Waals surface area contributed by atoms with Gasteiger partial charge in [0.15, 0.2) is 0 Å². The van der Waals surface area contributed by atoms with Crippen molar-refractivity contribution in [3.05, 3.63) is 0 Å². The van der Waals surface area contributed by atoms with Crippen LogP contribution in [0.3, 0.4) is 0 Å². The first-order chi connectivity index (χ1) is 9.72. The Labute approximate surface area is 125 Å². The van der Waals surface area contributed by atoms with Crippen molar-refractivity contribution in [1.29, 1.82) is 0 Å². The third-order valence-corrected chi connectivity index (χ3v) is 6.52. The lowest BCUT2D eigenvalue weighted by atomic mass is 9.80. The van der Waals surface area contributed by atoms with Gasteiger partial charge in [-0.25, -0.2) is 0 Å². The molecule has 2 heterocycles. The van der Waals surface area contributed by atoms with Gasteiger partial charge >= 0.3 is 0 Å². The van der Waals surface area contributed by atoms with Crippen LogP contribution in [-0.4, -0.2) is 61.2 Å². The summed E-state index contributed by atoms with van der Waals surface area (Å²) >= 11 is 0. The van der Waals surface area contributed by atoms with Crippen molar-refractivity contribution >= 4 is 0 Å². The molecule has 0 aromatic carbocycles. The van der Waals surface area contributed by atoms with Crippen LogP contribution in [-0.2, 0) is 0 Å². The number of fused-ring (bicyclic) bond motifs is 2. The third-order valence-electron chi connectivity index (χ3n) is 6.52. The first kappa shape index (κ1) is 14.8. The predicted molar refractivity (Wildman–Crippen MR) is 85.0 cm³/mol. The zero-order valence-corrected chi connectivity index (χ0v) is 13.6. The number of nitrogens with one attached hydrogen (secondary N) is 1. The molecule has 3 aliphatic rings. The van der Waals surface area contributed by atoms with Gasteiger partial charge < -0.3 is 5.32 Å². The van der Waals surface area contributed by atoms with E-state index in [2.05, 4.69) is 36.1 Å². The summed E-state index contributed by atoms with van der Waals surface area (Å²) in [6, 6.07) is 3.19. The lowest BCUT2D eigenvalue weighted by molar-refractivity contribution is 0.0894. The van der Waals surface area contributed by atoms with Gasteiger partial charge in [-0.3, -0.25) is 9.80 Å². The molecule has 0 aromatic rings. The van der Waals surface area contributed by atoms with Crippen LogP contribution in [0.4, 0.5) is 0 Å². The first-order valence-corrected chi connectivity index (χ1v) is 8.86. The summed E-state index contributed by atoms with van der Waals surface area (Å²) < 4.78 is 0. The standard InChI is InChI=1S/C17H33N3/c1-4-13-5-8-16(18-2)17(11-13)20-10-9-14-6-7-15(12-20)19(14)3/h13-18H,4-12H2,1-3H3. The van der Waals surface area contributed by atoms with Crippen molar-refractivity contribution in [3.8, 4) is 0 Å². The number of hydrogen-bond acceptors (Lipinski definition) is 3. The molecule has 3 fully saturated rings. The highest BCUT2D eigenvalue weighted by Gasteiger charge is 2.39. The Morgan fingerprint density at radius 2 is 1.85 bits per heavy atom. The molecular weight excluding hydrogens is 246 g/mol. The van der Waals surface area contributed by atoms with Gasteiger partial charge in [0.05, 0.1) is 0 Å².